The lowest BCUT2D eigenvalue weighted by molar-refractivity contribution is 0.254. The molecule has 1 aromatic carbocycles. The van der Waals surface area contributed by atoms with Gasteiger partial charge in [-0.3, -0.25) is 4.90 Å². The molecular formula is C14H22N2O2. The van der Waals surface area contributed by atoms with Crippen LogP contribution < -0.4 is 15.2 Å². The fraction of sp³-hybridized carbons (Fsp3) is 0.571. The summed E-state index contributed by atoms with van der Waals surface area (Å²) in [6.45, 7) is 4.23. The van der Waals surface area contributed by atoms with Gasteiger partial charge in [0.15, 0.2) is 0 Å². The fourth-order valence-electron chi connectivity index (χ4n) is 2.73. The highest BCUT2D eigenvalue weighted by Crippen LogP contribution is 2.37. The molecule has 4 heteroatoms. The number of nitrogens with zero attached hydrogens (tertiary/aromatic N) is 1. The van der Waals surface area contributed by atoms with Crippen molar-refractivity contribution in [3.63, 3.8) is 0 Å². The predicted octanol–water partition coefficient (Wildman–Crippen LogP) is 1.80. The summed E-state index contributed by atoms with van der Waals surface area (Å²) in [6.07, 6.45) is 1.04. The molecule has 2 atom stereocenters. The average molecular weight is 250 g/mol. The third-order valence-corrected chi connectivity index (χ3v) is 3.71. The minimum Gasteiger partial charge on any atom is -0.497 e. The number of rotatable bonds is 4. The molecule has 2 rings (SSSR count). The van der Waals surface area contributed by atoms with E-state index in [0.717, 1.165) is 36.6 Å². The van der Waals surface area contributed by atoms with Crippen LogP contribution in [0.4, 0.5) is 0 Å². The molecular weight excluding hydrogens is 228 g/mol. The number of likely N-dealkylation sites (N-methyl/N-ethyl adjacent to an activating group) is 1. The predicted molar refractivity (Wildman–Crippen MR) is 72.1 cm³/mol. The Morgan fingerprint density at radius 1 is 1.33 bits per heavy atom. The molecule has 1 aliphatic rings. The molecule has 2 unspecified atom stereocenters. The Balaban J connectivity index is 2.36. The summed E-state index contributed by atoms with van der Waals surface area (Å²) in [5.41, 5.74) is 7.40. The maximum atomic E-state index is 6.24. The van der Waals surface area contributed by atoms with Gasteiger partial charge in [0.1, 0.15) is 11.5 Å². The van der Waals surface area contributed by atoms with Gasteiger partial charge in [0.05, 0.1) is 20.3 Å². The van der Waals surface area contributed by atoms with Crippen molar-refractivity contribution in [2.45, 2.75) is 25.4 Å². The van der Waals surface area contributed by atoms with Crippen molar-refractivity contribution in [1.29, 1.82) is 0 Å². The van der Waals surface area contributed by atoms with E-state index in [2.05, 4.69) is 17.9 Å². The number of methoxy groups -OCH3 is 2. The average Bonchev–Trinajstić information content (AvgIpc) is 2.78. The fourth-order valence-corrected chi connectivity index (χ4v) is 2.73. The molecule has 1 fully saturated rings. The van der Waals surface area contributed by atoms with E-state index in [4.69, 9.17) is 15.2 Å². The van der Waals surface area contributed by atoms with E-state index in [1.165, 1.54) is 0 Å². The number of hydrogen-bond acceptors (Lipinski definition) is 4. The zero-order valence-corrected chi connectivity index (χ0v) is 11.3. The van der Waals surface area contributed by atoms with Gasteiger partial charge in [0.25, 0.3) is 0 Å². The van der Waals surface area contributed by atoms with Crippen molar-refractivity contribution in [2.24, 2.45) is 5.73 Å². The molecule has 0 radical (unpaired) electrons. The van der Waals surface area contributed by atoms with Gasteiger partial charge in [-0.15, -0.1) is 0 Å². The lowest BCUT2D eigenvalue weighted by atomic mass is 9.99. The first-order valence-corrected chi connectivity index (χ1v) is 6.42. The minimum absolute atomic E-state index is 0.173. The highest BCUT2D eigenvalue weighted by Gasteiger charge is 2.33. The second kappa shape index (κ2) is 5.59. The van der Waals surface area contributed by atoms with Gasteiger partial charge in [0, 0.05) is 24.2 Å². The van der Waals surface area contributed by atoms with Gasteiger partial charge < -0.3 is 15.2 Å². The summed E-state index contributed by atoms with van der Waals surface area (Å²) >= 11 is 0. The first-order valence-electron chi connectivity index (χ1n) is 6.42. The lowest BCUT2D eigenvalue weighted by Gasteiger charge is -2.27. The van der Waals surface area contributed by atoms with Crippen LogP contribution in [0.5, 0.6) is 11.5 Å². The van der Waals surface area contributed by atoms with Gasteiger partial charge >= 0.3 is 0 Å². The van der Waals surface area contributed by atoms with Crippen LogP contribution in [-0.2, 0) is 0 Å². The van der Waals surface area contributed by atoms with Crippen LogP contribution in [0.2, 0.25) is 0 Å². The lowest BCUT2D eigenvalue weighted by Crippen LogP contribution is -2.32. The van der Waals surface area contributed by atoms with Gasteiger partial charge in [-0.1, -0.05) is 13.0 Å². The summed E-state index contributed by atoms with van der Waals surface area (Å²) in [5, 5.41) is 0. The smallest absolute Gasteiger partial charge is 0.127 e. The normalized spacial score (nSPS) is 24.2. The Morgan fingerprint density at radius 2 is 2.11 bits per heavy atom. The largest absolute Gasteiger partial charge is 0.497 e. The monoisotopic (exact) mass is 250 g/mol. The molecule has 100 valence electrons. The van der Waals surface area contributed by atoms with Crippen molar-refractivity contribution >= 4 is 0 Å². The summed E-state index contributed by atoms with van der Waals surface area (Å²) in [6, 6.07) is 6.38. The number of ether oxygens (including phenoxy) is 2. The van der Waals surface area contributed by atoms with Crippen molar-refractivity contribution in [3.8, 4) is 11.5 Å². The SMILES string of the molecule is CCN1CCC(N)C1c1ccc(OC)cc1OC. The minimum atomic E-state index is 0.173. The number of hydrogen-bond donors (Lipinski definition) is 1. The van der Waals surface area contributed by atoms with Crippen molar-refractivity contribution in [1.82, 2.24) is 4.90 Å². The zero-order valence-electron chi connectivity index (χ0n) is 11.3. The Labute approximate surface area is 109 Å². The molecule has 0 bridgehead atoms. The van der Waals surface area contributed by atoms with Crippen LogP contribution in [0, 0.1) is 0 Å². The molecule has 4 nitrogen and oxygen atoms in total. The van der Waals surface area contributed by atoms with Gasteiger partial charge in [0.2, 0.25) is 0 Å². The van der Waals surface area contributed by atoms with E-state index in [9.17, 15) is 0 Å². The number of nitrogens with two attached hydrogens (primary N) is 1. The Morgan fingerprint density at radius 3 is 2.72 bits per heavy atom. The maximum absolute atomic E-state index is 6.24. The summed E-state index contributed by atoms with van der Waals surface area (Å²) in [7, 11) is 3.35. The summed E-state index contributed by atoms with van der Waals surface area (Å²) < 4.78 is 10.7. The van der Waals surface area contributed by atoms with Gasteiger partial charge in [-0.2, -0.15) is 0 Å². The maximum Gasteiger partial charge on any atom is 0.127 e. The third kappa shape index (κ3) is 2.31. The molecule has 0 spiro atoms. The highest BCUT2D eigenvalue weighted by molar-refractivity contribution is 5.43. The zero-order chi connectivity index (χ0) is 13.1. The van der Waals surface area contributed by atoms with Gasteiger partial charge in [-0.05, 0) is 19.0 Å². The Kier molecular flexibility index (Phi) is 4.09. The van der Waals surface area contributed by atoms with Gasteiger partial charge in [-0.25, -0.2) is 0 Å². The highest BCUT2D eigenvalue weighted by atomic mass is 16.5. The van der Waals surface area contributed by atoms with E-state index >= 15 is 0 Å². The standard InChI is InChI=1S/C14H22N2O2/c1-4-16-8-7-12(15)14(16)11-6-5-10(17-2)9-13(11)18-3/h5-6,9,12,14H,4,7-8,15H2,1-3H3. The molecule has 2 N–H and O–H groups in total. The van der Waals surface area contributed by atoms with Crippen molar-refractivity contribution in [2.75, 3.05) is 27.3 Å². The van der Waals surface area contributed by atoms with Crippen LogP contribution in [0.15, 0.2) is 18.2 Å². The van der Waals surface area contributed by atoms with Crippen LogP contribution in [0.25, 0.3) is 0 Å². The van der Waals surface area contributed by atoms with E-state index < -0.39 is 0 Å². The van der Waals surface area contributed by atoms with Crippen molar-refractivity contribution < 1.29 is 9.47 Å². The van der Waals surface area contributed by atoms with Crippen molar-refractivity contribution in [3.05, 3.63) is 23.8 Å². The molecule has 1 aromatic rings. The molecule has 18 heavy (non-hydrogen) atoms. The topological polar surface area (TPSA) is 47.7 Å². The quantitative estimate of drug-likeness (QED) is 0.885. The van der Waals surface area contributed by atoms with Crippen LogP contribution in [0.1, 0.15) is 24.9 Å². The molecule has 1 aliphatic heterocycles. The second-order valence-corrected chi connectivity index (χ2v) is 4.63. The number of likely N-dealkylation sites (tertiary alicyclic amines) is 1. The Bertz CT molecular complexity index is 409. The molecule has 1 saturated heterocycles. The first kappa shape index (κ1) is 13.2. The molecule has 0 aliphatic carbocycles. The first-order chi connectivity index (χ1) is 8.71. The summed E-state index contributed by atoms with van der Waals surface area (Å²) in [5.74, 6) is 1.67. The van der Waals surface area contributed by atoms with E-state index in [0.29, 0.717) is 0 Å². The Hall–Kier alpha value is -1.26. The van der Waals surface area contributed by atoms with E-state index in [1.54, 1.807) is 14.2 Å². The van der Waals surface area contributed by atoms with Crippen LogP contribution >= 0.6 is 0 Å². The molecule has 0 amide bonds. The number of benzene rings is 1. The van der Waals surface area contributed by atoms with E-state index in [1.807, 2.05) is 12.1 Å². The molecule has 1 heterocycles. The molecule has 0 saturated carbocycles. The van der Waals surface area contributed by atoms with E-state index in [-0.39, 0.29) is 12.1 Å². The second-order valence-electron chi connectivity index (χ2n) is 4.63. The third-order valence-electron chi connectivity index (χ3n) is 3.71. The van der Waals surface area contributed by atoms with Crippen LogP contribution in [0.3, 0.4) is 0 Å². The van der Waals surface area contributed by atoms with Crippen LogP contribution in [-0.4, -0.2) is 38.3 Å². The summed E-state index contributed by atoms with van der Waals surface area (Å²) in [4.78, 5) is 2.40. The molecule has 0 aromatic heterocycles.